The van der Waals surface area contributed by atoms with Crippen molar-refractivity contribution in [3.63, 3.8) is 0 Å². The summed E-state index contributed by atoms with van der Waals surface area (Å²) in [5.41, 5.74) is 1.53. The number of anilines is 1. The molecule has 8 nitrogen and oxygen atoms in total. The van der Waals surface area contributed by atoms with Gasteiger partial charge in [-0.1, -0.05) is 6.07 Å². The van der Waals surface area contributed by atoms with E-state index in [1.54, 1.807) is 50.4 Å². The van der Waals surface area contributed by atoms with Crippen molar-refractivity contribution in [3.8, 4) is 11.5 Å². The summed E-state index contributed by atoms with van der Waals surface area (Å²) in [6.07, 6.45) is 0.576. The Kier molecular flexibility index (Phi) is 8.68. The number of methoxy groups -OCH3 is 2. The third-order valence-corrected chi connectivity index (χ3v) is 4.15. The third-order valence-electron chi connectivity index (χ3n) is 4.15. The summed E-state index contributed by atoms with van der Waals surface area (Å²) in [7, 11) is 2.87. The first-order valence-corrected chi connectivity index (χ1v) is 9.34. The first kappa shape index (κ1) is 22.7. The minimum absolute atomic E-state index is 0.125. The fourth-order valence-electron chi connectivity index (χ4n) is 2.48. The Labute approximate surface area is 175 Å². The lowest BCUT2D eigenvalue weighted by Crippen LogP contribution is -2.21. The van der Waals surface area contributed by atoms with Crippen LogP contribution in [-0.2, 0) is 19.1 Å². The van der Waals surface area contributed by atoms with Crippen molar-refractivity contribution >= 4 is 23.5 Å². The lowest BCUT2D eigenvalue weighted by Gasteiger charge is -2.10. The molecule has 0 aliphatic carbocycles. The normalized spacial score (nSPS) is 10.1. The summed E-state index contributed by atoms with van der Waals surface area (Å²) in [6.45, 7) is 1.71. The molecule has 0 saturated heterocycles. The number of benzene rings is 2. The number of nitrogens with one attached hydrogen (secondary N) is 1. The molecule has 0 spiro atoms. The van der Waals surface area contributed by atoms with Gasteiger partial charge in [0.05, 0.1) is 26.4 Å². The van der Waals surface area contributed by atoms with Crippen LogP contribution in [0.5, 0.6) is 11.5 Å². The molecule has 0 aromatic heterocycles. The van der Waals surface area contributed by atoms with Gasteiger partial charge in [-0.05, 0) is 55.3 Å². The standard InChI is InChI=1S/C22H25NO7/c1-15-6-7-16(22(26)28-3)13-19(15)23-20(24)14-30-21(25)5-4-12-29-18-10-8-17(27-2)9-11-18/h6-11,13H,4-5,12,14H2,1-3H3,(H,23,24). The second kappa shape index (κ2) is 11.5. The molecule has 0 aliphatic rings. The molecule has 8 heteroatoms. The summed E-state index contributed by atoms with van der Waals surface area (Å²) in [5.74, 6) is -0.0928. The number of rotatable bonds is 10. The van der Waals surface area contributed by atoms with Gasteiger partial charge in [-0.25, -0.2) is 4.79 Å². The highest BCUT2D eigenvalue weighted by atomic mass is 16.5. The summed E-state index contributed by atoms with van der Waals surface area (Å²) in [5, 5.41) is 2.62. The Morgan fingerprint density at radius 2 is 1.67 bits per heavy atom. The van der Waals surface area contributed by atoms with Gasteiger partial charge in [0, 0.05) is 12.1 Å². The molecule has 160 valence electrons. The van der Waals surface area contributed by atoms with E-state index in [2.05, 4.69) is 10.1 Å². The maximum absolute atomic E-state index is 12.0. The van der Waals surface area contributed by atoms with Crippen LogP contribution in [0, 0.1) is 6.92 Å². The van der Waals surface area contributed by atoms with Crippen LogP contribution in [0.3, 0.4) is 0 Å². The van der Waals surface area contributed by atoms with Crippen LogP contribution in [0.2, 0.25) is 0 Å². The quantitative estimate of drug-likeness (QED) is 0.470. The largest absolute Gasteiger partial charge is 0.497 e. The molecular weight excluding hydrogens is 390 g/mol. The highest BCUT2D eigenvalue weighted by molar-refractivity contribution is 5.96. The molecule has 2 aromatic carbocycles. The van der Waals surface area contributed by atoms with Crippen molar-refractivity contribution in [1.29, 1.82) is 0 Å². The van der Waals surface area contributed by atoms with Gasteiger partial charge in [0.15, 0.2) is 6.61 Å². The van der Waals surface area contributed by atoms with Gasteiger partial charge in [0.2, 0.25) is 0 Å². The van der Waals surface area contributed by atoms with E-state index in [1.165, 1.54) is 13.2 Å². The molecule has 1 N–H and O–H groups in total. The fraction of sp³-hybridized carbons (Fsp3) is 0.318. The summed E-state index contributed by atoms with van der Waals surface area (Å²) >= 11 is 0. The molecule has 0 heterocycles. The third kappa shape index (κ3) is 7.12. The number of hydrogen-bond donors (Lipinski definition) is 1. The molecule has 2 aromatic rings. The highest BCUT2D eigenvalue weighted by Gasteiger charge is 2.12. The zero-order valence-electron chi connectivity index (χ0n) is 17.2. The van der Waals surface area contributed by atoms with E-state index in [4.69, 9.17) is 14.2 Å². The van der Waals surface area contributed by atoms with Crippen molar-refractivity contribution < 1.29 is 33.3 Å². The van der Waals surface area contributed by atoms with Crippen LogP contribution < -0.4 is 14.8 Å². The average Bonchev–Trinajstić information content (AvgIpc) is 2.76. The molecule has 30 heavy (non-hydrogen) atoms. The van der Waals surface area contributed by atoms with Gasteiger partial charge < -0.3 is 24.3 Å². The van der Waals surface area contributed by atoms with Crippen molar-refractivity contribution in [2.24, 2.45) is 0 Å². The molecular formula is C22H25NO7. The number of carbonyl (C=O) groups excluding carboxylic acids is 3. The molecule has 0 radical (unpaired) electrons. The van der Waals surface area contributed by atoms with Crippen LogP contribution in [-0.4, -0.2) is 45.3 Å². The smallest absolute Gasteiger partial charge is 0.337 e. The monoisotopic (exact) mass is 415 g/mol. The number of esters is 2. The molecule has 0 unspecified atom stereocenters. The minimum atomic E-state index is -0.506. The van der Waals surface area contributed by atoms with E-state index >= 15 is 0 Å². The van der Waals surface area contributed by atoms with E-state index in [1.807, 2.05) is 0 Å². The van der Waals surface area contributed by atoms with Crippen LogP contribution in [0.15, 0.2) is 42.5 Å². The Morgan fingerprint density at radius 3 is 2.33 bits per heavy atom. The number of ether oxygens (including phenoxy) is 4. The number of aryl methyl sites for hydroxylation is 1. The van der Waals surface area contributed by atoms with Crippen molar-refractivity contribution in [2.75, 3.05) is 32.8 Å². The van der Waals surface area contributed by atoms with Gasteiger partial charge >= 0.3 is 11.9 Å². The van der Waals surface area contributed by atoms with E-state index < -0.39 is 24.5 Å². The minimum Gasteiger partial charge on any atom is -0.497 e. The van der Waals surface area contributed by atoms with Gasteiger partial charge in [-0.2, -0.15) is 0 Å². The predicted octanol–water partition coefficient (Wildman–Crippen LogP) is 3.13. The predicted molar refractivity (Wildman–Crippen MR) is 110 cm³/mol. The van der Waals surface area contributed by atoms with Crippen LogP contribution in [0.4, 0.5) is 5.69 Å². The molecule has 0 atom stereocenters. The van der Waals surface area contributed by atoms with Gasteiger partial charge in [0.25, 0.3) is 5.91 Å². The molecule has 0 bridgehead atoms. The van der Waals surface area contributed by atoms with E-state index in [-0.39, 0.29) is 6.42 Å². The maximum Gasteiger partial charge on any atom is 0.337 e. The molecule has 0 fully saturated rings. The second-order valence-corrected chi connectivity index (χ2v) is 6.36. The summed E-state index contributed by atoms with van der Waals surface area (Å²) < 4.78 is 20.2. The Bertz CT molecular complexity index is 878. The topological polar surface area (TPSA) is 100 Å². The second-order valence-electron chi connectivity index (χ2n) is 6.36. The van der Waals surface area contributed by atoms with Crippen LogP contribution in [0.25, 0.3) is 0 Å². The molecule has 0 saturated carbocycles. The Hall–Kier alpha value is -3.55. The molecule has 1 amide bonds. The molecule has 2 rings (SSSR count). The summed E-state index contributed by atoms with van der Waals surface area (Å²) in [4.78, 5) is 35.5. The number of carbonyl (C=O) groups is 3. The zero-order chi connectivity index (χ0) is 21.9. The SMILES string of the molecule is COC(=O)c1ccc(C)c(NC(=O)COC(=O)CCCOc2ccc(OC)cc2)c1. The fourth-order valence-corrected chi connectivity index (χ4v) is 2.48. The van der Waals surface area contributed by atoms with Crippen LogP contribution >= 0.6 is 0 Å². The first-order valence-electron chi connectivity index (χ1n) is 9.34. The van der Waals surface area contributed by atoms with Crippen LogP contribution in [0.1, 0.15) is 28.8 Å². The van der Waals surface area contributed by atoms with Crippen molar-refractivity contribution in [1.82, 2.24) is 0 Å². The number of amides is 1. The number of hydrogen-bond acceptors (Lipinski definition) is 7. The Balaban J connectivity index is 1.70. The lowest BCUT2D eigenvalue weighted by atomic mass is 10.1. The first-order chi connectivity index (χ1) is 14.4. The van der Waals surface area contributed by atoms with E-state index in [0.717, 1.165) is 11.3 Å². The molecule has 0 aliphatic heterocycles. The van der Waals surface area contributed by atoms with Crippen molar-refractivity contribution in [3.05, 3.63) is 53.6 Å². The lowest BCUT2D eigenvalue weighted by molar-refractivity contribution is -0.147. The Morgan fingerprint density at radius 1 is 0.967 bits per heavy atom. The van der Waals surface area contributed by atoms with Crippen molar-refractivity contribution in [2.45, 2.75) is 19.8 Å². The maximum atomic E-state index is 12.0. The highest BCUT2D eigenvalue weighted by Crippen LogP contribution is 2.18. The summed E-state index contributed by atoms with van der Waals surface area (Å²) in [6, 6.07) is 11.9. The van der Waals surface area contributed by atoms with Gasteiger partial charge in [-0.15, -0.1) is 0 Å². The van der Waals surface area contributed by atoms with Gasteiger partial charge in [0.1, 0.15) is 11.5 Å². The van der Waals surface area contributed by atoms with Gasteiger partial charge in [-0.3, -0.25) is 9.59 Å². The van der Waals surface area contributed by atoms with E-state index in [0.29, 0.717) is 30.0 Å². The van der Waals surface area contributed by atoms with E-state index in [9.17, 15) is 14.4 Å². The zero-order valence-corrected chi connectivity index (χ0v) is 17.2. The average molecular weight is 415 g/mol.